The zero-order valence-corrected chi connectivity index (χ0v) is 19.9. The van der Waals surface area contributed by atoms with Crippen LogP contribution in [0.3, 0.4) is 0 Å². The van der Waals surface area contributed by atoms with E-state index in [1.807, 2.05) is 72.8 Å². The van der Waals surface area contributed by atoms with Crippen molar-refractivity contribution in [3.8, 4) is 16.9 Å². The molecular weight excluding hydrogens is 454 g/mol. The summed E-state index contributed by atoms with van der Waals surface area (Å²) in [7, 11) is 1.58. The van der Waals surface area contributed by atoms with E-state index in [0.29, 0.717) is 24.5 Å². The Hall–Kier alpha value is -4.56. The molecule has 0 aliphatic rings. The monoisotopic (exact) mass is 481 g/mol. The molecule has 2 aromatic heterocycles. The lowest BCUT2D eigenvalue weighted by Crippen LogP contribution is -2.17. The van der Waals surface area contributed by atoms with Crippen molar-refractivity contribution in [1.82, 2.24) is 15.2 Å². The maximum atomic E-state index is 12.8. The van der Waals surface area contributed by atoms with Gasteiger partial charge in [-0.15, -0.1) is 0 Å². The summed E-state index contributed by atoms with van der Waals surface area (Å²) >= 11 is 0. The van der Waals surface area contributed by atoms with Crippen molar-refractivity contribution < 1.29 is 9.47 Å². The molecule has 8 heteroatoms. The first-order valence-electron chi connectivity index (χ1n) is 11.6. The Bertz CT molecular complexity index is 1540. The zero-order chi connectivity index (χ0) is 24.9. The Labute approximate surface area is 208 Å². The number of benzene rings is 3. The molecular formula is C28H27N5O3. The van der Waals surface area contributed by atoms with E-state index in [1.54, 1.807) is 13.3 Å². The number of H-pyrrole nitrogens is 2. The number of para-hydroxylation sites is 2. The van der Waals surface area contributed by atoms with Gasteiger partial charge in [-0.05, 0) is 46.5 Å². The molecule has 0 aliphatic carbocycles. The van der Waals surface area contributed by atoms with E-state index in [0.717, 1.165) is 44.6 Å². The van der Waals surface area contributed by atoms with Gasteiger partial charge in [-0.3, -0.25) is 9.89 Å². The van der Waals surface area contributed by atoms with Crippen molar-refractivity contribution in [1.29, 1.82) is 0 Å². The van der Waals surface area contributed by atoms with Crippen molar-refractivity contribution in [2.75, 3.05) is 18.2 Å². The topological polar surface area (TPSA) is 118 Å². The molecule has 3 aromatic carbocycles. The molecule has 0 saturated carbocycles. The van der Waals surface area contributed by atoms with E-state index < -0.39 is 0 Å². The molecule has 8 nitrogen and oxygen atoms in total. The lowest BCUT2D eigenvalue weighted by Gasteiger charge is -2.17. The highest BCUT2D eigenvalue weighted by Gasteiger charge is 2.17. The number of nitrogen functional groups attached to an aromatic ring is 1. The summed E-state index contributed by atoms with van der Waals surface area (Å²) in [6.07, 6.45) is 1.74. The third kappa shape index (κ3) is 4.80. The van der Waals surface area contributed by atoms with Crippen LogP contribution in [-0.2, 0) is 24.5 Å². The van der Waals surface area contributed by atoms with Gasteiger partial charge in [0, 0.05) is 25.2 Å². The molecule has 0 fully saturated rings. The molecule has 0 unspecified atom stereocenters. The van der Waals surface area contributed by atoms with Crippen LogP contribution in [0, 0.1) is 0 Å². The average Bonchev–Trinajstić information content (AvgIpc) is 3.28. The van der Waals surface area contributed by atoms with E-state index in [4.69, 9.17) is 15.2 Å². The predicted molar refractivity (Wildman–Crippen MR) is 142 cm³/mol. The fourth-order valence-corrected chi connectivity index (χ4v) is 4.25. The lowest BCUT2D eigenvalue weighted by molar-refractivity contribution is 0.184. The van der Waals surface area contributed by atoms with Gasteiger partial charge in [0.1, 0.15) is 12.4 Å². The van der Waals surface area contributed by atoms with Crippen LogP contribution in [-0.4, -0.2) is 22.3 Å². The summed E-state index contributed by atoms with van der Waals surface area (Å²) in [6, 6.07) is 23.6. The third-order valence-corrected chi connectivity index (χ3v) is 6.04. The molecule has 0 saturated heterocycles. The van der Waals surface area contributed by atoms with Gasteiger partial charge in [-0.25, -0.2) is 0 Å². The van der Waals surface area contributed by atoms with Crippen molar-refractivity contribution in [3.63, 3.8) is 0 Å². The third-order valence-electron chi connectivity index (χ3n) is 6.04. The fourth-order valence-electron chi connectivity index (χ4n) is 4.25. The first-order chi connectivity index (χ1) is 17.6. The highest BCUT2D eigenvalue weighted by Crippen LogP contribution is 2.32. The molecule has 2 heterocycles. The van der Waals surface area contributed by atoms with Crippen LogP contribution in [0.5, 0.6) is 5.75 Å². The van der Waals surface area contributed by atoms with E-state index in [1.165, 1.54) is 0 Å². The molecule has 5 rings (SSSR count). The first-order valence-corrected chi connectivity index (χ1v) is 11.6. The number of pyridine rings is 1. The highest BCUT2D eigenvalue weighted by molar-refractivity contribution is 5.93. The van der Waals surface area contributed by atoms with E-state index in [-0.39, 0.29) is 12.2 Å². The second kappa shape index (κ2) is 10.4. The molecule has 0 aliphatic heterocycles. The molecule has 0 spiro atoms. The summed E-state index contributed by atoms with van der Waals surface area (Å²) < 4.78 is 11.5. The number of rotatable bonds is 9. The number of anilines is 2. The Morgan fingerprint density at radius 3 is 2.64 bits per heavy atom. The summed E-state index contributed by atoms with van der Waals surface area (Å²) in [4.78, 5) is 15.6. The minimum absolute atomic E-state index is 0.175. The van der Waals surface area contributed by atoms with Gasteiger partial charge in [0.2, 0.25) is 0 Å². The van der Waals surface area contributed by atoms with Gasteiger partial charge in [0.25, 0.3) is 5.56 Å². The van der Waals surface area contributed by atoms with Gasteiger partial charge < -0.3 is 25.5 Å². The number of aromatic amines is 2. The summed E-state index contributed by atoms with van der Waals surface area (Å²) in [5.41, 5.74) is 11.8. The Balaban J connectivity index is 1.47. The zero-order valence-electron chi connectivity index (χ0n) is 19.9. The van der Waals surface area contributed by atoms with Gasteiger partial charge in [0.05, 0.1) is 23.4 Å². The fraction of sp³-hybridized carbons (Fsp3) is 0.143. The Morgan fingerprint density at radius 2 is 1.81 bits per heavy atom. The summed E-state index contributed by atoms with van der Waals surface area (Å²) in [6.45, 7) is 1.09. The average molecular weight is 482 g/mol. The quantitative estimate of drug-likeness (QED) is 0.239. The maximum Gasteiger partial charge on any atom is 0.254 e. The number of ether oxygens (including phenoxy) is 2. The van der Waals surface area contributed by atoms with Crippen molar-refractivity contribution >= 4 is 22.4 Å². The first kappa shape index (κ1) is 23.2. The van der Waals surface area contributed by atoms with Gasteiger partial charge in [-0.1, -0.05) is 48.5 Å². The summed E-state index contributed by atoms with van der Waals surface area (Å²) in [5, 5.41) is 11.3. The number of methoxy groups -OCH3 is 1. The SMILES string of the molecule is COCc1c(-c2ccc3[nH]nc(N)c3c2)c(CNc2ccccc2OCc2ccccc2)c[nH]c1=O. The Morgan fingerprint density at radius 1 is 1.00 bits per heavy atom. The minimum atomic E-state index is -0.192. The summed E-state index contributed by atoms with van der Waals surface area (Å²) in [5.74, 6) is 1.16. The number of nitrogens with two attached hydrogens (primary N) is 1. The molecule has 0 amide bonds. The standard InChI is InChI=1S/C28H27N5O3/c1-35-17-22-26(19-11-12-23-21(13-19)27(29)33-32-23)20(15-31-28(22)34)14-30-24-9-5-6-10-25(24)36-16-18-7-3-2-4-8-18/h2-13,15,30H,14,16-17H2,1H3,(H,31,34)(H3,29,32,33). The lowest BCUT2D eigenvalue weighted by atomic mass is 9.95. The van der Waals surface area contributed by atoms with E-state index in [2.05, 4.69) is 20.5 Å². The molecule has 5 aromatic rings. The molecule has 182 valence electrons. The van der Waals surface area contributed by atoms with Gasteiger partial charge in [0.15, 0.2) is 5.82 Å². The normalized spacial score (nSPS) is 11.0. The van der Waals surface area contributed by atoms with Crippen LogP contribution >= 0.6 is 0 Å². The Kier molecular flexibility index (Phi) is 6.68. The molecule has 0 bridgehead atoms. The van der Waals surface area contributed by atoms with Gasteiger partial charge in [-0.2, -0.15) is 5.10 Å². The largest absolute Gasteiger partial charge is 0.487 e. The number of aromatic nitrogens is 3. The number of hydrogen-bond donors (Lipinski definition) is 4. The number of fused-ring (bicyclic) bond motifs is 1. The molecule has 5 N–H and O–H groups in total. The van der Waals surface area contributed by atoms with E-state index in [9.17, 15) is 4.79 Å². The number of nitrogens with one attached hydrogen (secondary N) is 3. The second-order valence-electron chi connectivity index (χ2n) is 8.42. The number of hydrogen-bond acceptors (Lipinski definition) is 6. The smallest absolute Gasteiger partial charge is 0.254 e. The van der Waals surface area contributed by atoms with Crippen LogP contribution in [0.1, 0.15) is 16.7 Å². The van der Waals surface area contributed by atoms with Crippen molar-refractivity contribution in [3.05, 3.63) is 106 Å². The van der Waals surface area contributed by atoms with Crippen LogP contribution in [0.25, 0.3) is 22.0 Å². The maximum absolute atomic E-state index is 12.8. The van der Waals surface area contributed by atoms with Crippen molar-refractivity contribution in [2.45, 2.75) is 19.8 Å². The molecule has 0 radical (unpaired) electrons. The molecule has 0 atom stereocenters. The van der Waals surface area contributed by atoms with Crippen LogP contribution < -0.4 is 21.3 Å². The predicted octanol–water partition coefficient (Wildman–Crippen LogP) is 4.84. The van der Waals surface area contributed by atoms with Crippen molar-refractivity contribution in [2.24, 2.45) is 0 Å². The minimum Gasteiger partial charge on any atom is -0.487 e. The van der Waals surface area contributed by atoms with Crippen LogP contribution in [0.4, 0.5) is 11.5 Å². The van der Waals surface area contributed by atoms with Crippen LogP contribution in [0.15, 0.2) is 83.8 Å². The second-order valence-corrected chi connectivity index (χ2v) is 8.42. The van der Waals surface area contributed by atoms with Crippen LogP contribution in [0.2, 0.25) is 0 Å². The van der Waals surface area contributed by atoms with E-state index >= 15 is 0 Å². The van der Waals surface area contributed by atoms with Gasteiger partial charge >= 0.3 is 0 Å². The highest BCUT2D eigenvalue weighted by atomic mass is 16.5. The molecule has 36 heavy (non-hydrogen) atoms. The number of nitrogens with zero attached hydrogens (tertiary/aromatic N) is 1.